The van der Waals surface area contributed by atoms with Crippen molar-refractivity contribution in [3.8, 4) is 0 Å². The zero-order valence-corrected chi connectivity index (χ0v) is 11.9. The number of nitrogens with zero attached hydrogens (tertiary/aromatic N) is 1. The maximum atomic E-state index is 13.6. The molecule has 0 unspecified atom stereocenters. The van der Waals surface area contributed by atoms with Gasteiger partial charge in [0, 0.05) is 12.1 Å². The Kier molecular flexibility index (Phi) is 4.42. The van der Waals surface area contributed by atoms with E-state index in [2.05, 4.69) is 15.6 Å². The molecular weight excluding hydrogens is 304 g/mol. The van der Waals surface area contributed by atoms with Crippen LogP contribution in [0.25, 0.3) is 0 Å². The van der Waals surface area contributed by atoms with Gasteiger partial charge >= 0.3 is 0 Å². The van der Waals surface area contributed by atoms with Gasteiger partial charge in [-0.25, -0.2) is 9.37 Å². The first-order valence-corrected chi connectivity index (χ1v) is 6.37. The minimum atomic E-state index is -0.617. The third kappa shape index (κ3) is 3.18. The van der Waals surface area contributed by atoms with Gasteiger partial charge in [0.05, 0.1) is 10.7 Å². The number of pyridine rings is 1. The van der Waals surface area contributed by atoms with Crippen molar-refractivity contribution in [2.45, 2.75) is 0 Å². The van der Waals surface area contributed by atoms with E-state index in [0.29, 0.717) is 10.8 Å². The molecule has 2 rings (SSSR count). The zero-order valence-electron chi connectivity index (χ0n) is 10.4. The van der Waals surface area contributed by atoms with Crippen molar-refractivity contribution in [3.63, 3.8) is 0 Å². The van der Waals surface area contributed by atoms with Gasteiger partial charge in [0.25, 0.3) is 5.91 Å². The minimum absolute atomic E-state index is 0.00195. The summed E-state index contributed by atoms with van der Waals surface area (Å²) < 4.78 is 13.6. The molecule has 1 aromatic carbocycles. The molecule has 7 heteroatoms. The van der Waals surface area contributed by atoms with Crippen molar-refractivity contribution in [2.75, 3.05) is 17.7 Å². The number of benzene rings is 1. The normalized spacial score (nSPS) is 10.2. The Bertz CT molecular complexity index is 664. The maximum absolute atomic E-state index is 13.6. The van der Waals surface area contributed by atoms with Crippen LogP contribution in [0.2, 0.25) is 10.0 Å². The molecule has 2 N–H and O–H groups in total. The summed E-state index contributed by atoms with van der Waals surface area (Å²) in [6.07, 6.45) is 0. The summed E-state index contributed by atoms with van der Waals surface area (Å²) in [5.74, 6) is -0.733. The lowest BCUT2D eigenvalue weighted by atomic mass is 10.2. The second-order valence-corrected chi connectivity index (χ2v) is 4.70. The highest BCUT2D eigenvalue weighted by Gasteiger charge is 2.15. The summed E-state index contributed by atoms with van der Waals surface area (Å²) in [6, 6.07) is 7.02. The second-order valence-electron chi connectivity index (χ2n) is 3.86. The number of nitrogens with one attached hydrogen (secondary N) is 2. The van der Waals surface area contributed by atoms with Crippen LogP contribution < -0.4 is 10.6 Å². The number of aromatic nitrogens is 1. The second kappa shape index (κ2) is 6.07. The van der Waals surface area contributed by atoms with Crippen LogP contribution in [0.5, 0.6) is 0 Å². The van der Waals surface area contributed by atoms with E-state index in [4.69, 9.17) is 23.2 Å². The van der Waals surface area contributed by atoms with Crippen molar-refractivity contribution >= 4 is 40.6 Å². The van der Waals surface area contributed by atoms with E-state index < -0.39 is 11.7 Å². The van der Waals surface area contributed by atoms with E-state index in [-0.39, 0.29) is 16.4 Å². The molecule has 1 aromatic heterocycles. The molecule has 20 heavy (non-hydrogen) atoms. The fraction of sp³-hybridized carbons (Fsp3) is 0.0769. The van der Waals surface area contributed by atoms with Crippen LogP contribution >= 0.6 is 23.2 Å². The lowest BCUT2D eigenvalue weighted by Crippen LogP contribution is -2.16. The first-order valence-electron chi connectivity index (χ1n) is 5.62. The molecule has 0 radical (unpaired) electrons. The van der Waals surface area contributed by atoms with Crippen LogP contribution in [-0.4, -0.2) is 17.9 Å². The maximum Gasteiger partial charge on any atom is 0.275 e. The van der Waals surface area contributed by atoms with Gasteiger partial charge in [-0.2, -0.15) is 0 Å². The highest BCUT2D eigenvalue weighted by Crippen LogP contribution is 2.22. The van der Waals surface area contributed by atoms with Crippen molar-refractivity contribution in [1.29, 1.82) is 0 Å². The summed E-state index contributed by atoms with van der Waals surface area (Å²) in [5, 5.41) is 5.66. The summed E-state index contributed by atoms with van der Waals surface area (Å²) in [4.78, 5) is 16.1. The topological polar surface area (TPSA) is 54.0 Å². The molecule has 1 amide bonds. The number of anilines is 2. The number of carbonyl (C=O) groups is 1. The van der Waals surface area contributed by atoms with Gasteiger partial charge in [-0.15, -0.1) is 0 Å². The number of carbonyl (C=O) groups excluding carboxylic acids is 1. The zero-order chi connectivity index (χ0) is 14.7. The number of halogens is 3. The fourth-order valence-electron chi connectivity index (χ4n) is 1.52. The van der Waals surface area contributed by atoms with E-state index in [1.807, 2.05) is 0 Å². The quantitative estimate of drug-likeness (QED) is 0.905. The SMILES string of the molecule is CNc1ccc(Cl)c(C(=O)Nc2cc(Cl)ccc2F)n1. The Morgan fingerprint density at radius 2 is 2.00 bits per heavy atom. The molecule has 0 bridgehead atoms. The average Bonchev–Trinajstić information content (AvgIpc) is 2.43. The molecule has 0 aliphatic carbocycles. The lowest BCUT2D eigenvalue weighted by molar-refractivity contribution is 0.102. The van der Waals surface area contributed by atoms with Crippen molar-refractivity contribution in [2.24, 2.45) is 0 Å². The Morgan fingerprint density at radius 3 is 2.70 bits per heavy atom. The molecule has 0 fully saturated rings. The van der Waals surface area contributed by atoms with E-state index in [9.17, 15) is 9.18 Å². The number of amides is 1. The highest BCUT2D eigenvalue weighted by molar-refractivity contribution is 6.34. The molecule has 0 saturated heterocycles. The molecule has 4 nitrogen and oxygen atoms in total. The molecule has 0 aliphatic heterocycles. The monoisotopic (exact) mass is 313 g/mol. The summed E-state index contributed by atoms with van der Waals surface area (Å²) in [7, 11) is 1.66. The van der Waals surface area contributed by atoms with Crippen LogP contribution in [-0.2, 0) is 0 Å². The van der Waals surface area contributed by atoms with Gasteiger partial charge in [0.15, 0.2) is 0 Å². The highest BCUT2D eigenvalue weighted by atomic mass is 35.5. The Balaban J connectivity index is 2.30. The molecular formula is C13H10Cl2FN3O. The van der Waals surface area contributed by atoms with Crippen LogP contribution in [0.15, 0.2) is 30.3 Å². The average molecular weight is 314 g/mol. The van der Waals surface area contributed by atoms with Crippen molar-refractivity contribution in [3.05, 3.63) is 51.9 Å². The Hall–Kier alpha value is -1.85. The molecule has 1 heterocycles. The first kappa shape index (κ1) is 14.6. The molecule has 2 aromatic rings. The van der Waals surface area contributed by atoms with E-state index in [0.717, 1.165) is 6.07 Å². The van der Waals surface area contributed by atoms with Crippen LogP contribution in [0.4, 0.5) is 15.9 Å². The molecule has 0 spiro atoms. The standard InChI is InChI=1S/C13H10Cl2FN3O/c1-17-11-5-3-8(15)12(19-11)13(20)18-10-6-7(14)2-4-9(10)16/h2-6H,1H3,(H,17,19)(H,18,20). The first-order chi connectivity index (χ1) is 9.51. The predicted molar refractivity (Wildman–Crippen MR) is 78.2 cm³/mol. The van der Waals surface area contributed by atoms with E-state index in [1.165, 1.54) is 18.2 Å². The summed E-state index contributed by atoms with van der Waals surface area (Å²) >= 11 is 11.7. The van der Waals surface area contributed by atoms with Crippen molar-refractivity contribution < 1.29 is 9.18 Å². The number of hydrogen-bond acceptors (Lipinski definition) is 3. The van der Waals surface area contributed by atoms with Gasteiger partial charge in [-0.3, -0.25) is 4.79 Å². The molecule has 0 aliphatic rings. The third-order valence-corrected chi connectivity index (χ3v) is 3.03. The van der Waals surface area contributed by atoms with Gasteiger partial charge in [0.1, 0.15) is 17.3 Å². The van der Waals surface area contributed by atoms with E-state index in [1.54, 1.807) is 13.1 Å². The lowest BCUT2D eigenvalue weighted by Gasteiger charge is -2.09. The smallest absolute Gasteiger partial charge is 0.275 e. The van der Waals surface area contributed by atoms with Crippen LogP contribution in [0.1, 0.15) is 10.5 Å². The van der Waals surface area contributed by atoms with E-state index >= 15 is 0 Å². The molecule has 0 saturated carbocycles. The third-order valence-electron chi connectivity index (χ3n) is 2.49. The van der Waals surface area contributed by atoms with Crippen molar-refractivity contribution in [1.82, 2.24) is 4.98 Å². The Labute approximate surface area is 124 Å². The molecule has 0 atom stereocenters. The van der Waals surface area contributed by atoms with Gasteiger partial charge < -0.3 is 10.6 Å². The molecule has 104 valence electrons. The minimum Gasteiger partial charge on any atom is -0.373 e. The summed E-state index contributed by atoms with van der Waals surface area (Å²) in [5.41, 5.74) is -0.0341. The number of rotatable bonds is 3. The number of hydrogen-bond donors (Lipinski definition) is 2. The van der Waals surface area contributed by atoms with Gasteiger partial charge in [0.2, 0.25) is 0 Å². The van der Waals surface area contributed by atoms with Gasteiger partial charge in [-0.05, 0) is 30.3 Å². The Morgan fingerprint density at radius 1 is 1.25 bits per heavy atom. The van der Waals surface area contributed by atoms with Gasteiger partial charge in [-0.1, -0.05) is 23.2 Å². The largest absolute Gasteiger partial charge is 0.373 e. The van der Waals surface area contributed by atoms with Crippen LogP contribution in [0, 0.1) is 5.82 Å². The fourth-order valence-corrected chi connectivity index (χ4v) is 1.88. The summed E-state index contributed by atoms with van der Waals surface area (Å²) in [6.45, 7) is 0. The predicted octanol–water partition coefficient (Wildman–Crippen LogP) is 3.82. The van der Waals surface area contributed by atoms with Crippen LogP contribution in [0.3, 0.4) is 0 Å².